The lowest BCUT2D eigenvalue weighted by Gasteiger charge is -2.07. The van der Waals surface area contributed by atoms with Crippen LogP contribution in [0.4, 0.5) is 5.69 Å². The Bertz CT molecular complexity index is 1420. The van der Waals surface area contributed by atoms with Crippen molar-refractivity contribution in [3.63, 3.8) is 0 Å². The molecule has 1 aromatic carbocycles. The van der Waals surface area contributed by atoms with Crippen LogP contribution in [0, 0.1) is 6.92 Å². The number of anilines is 1. The number of nitrogens with one attached hydrogen (secondary N) is 1. The van der Waals surface area contributed by atoms with Crippen molar-refractivity contribution in [2.45, 2.75) is 6.92 Å². The fourth-order valence-corrected chi connectivity index (χ4v) is 3.39. The van der Waals surface area contributed by atoms with Crippen molar-refractivity contribution < 1.29 is 4.79 Å². The summed E-state index contributed by atoms with van der Waals surface area (Å²) in [5.41, 5.74) is 3.27. The Kier molecular flexibility index (Phi) is 4.64. The summed E-state index contributed by atoms with van der Waals surface area (Å²) in [6, 6.07) is 11.2. The minimum Gasteiger partial charge on any atom is -0.320 e. The second-order valence-electron chi connectivity index (χ2n) is 6.78. The summed E-state index contributed by atoms with van der Waals surface area (Å²) in [5.74, 6) is 0.0495. The van der Waals surface area contributed by atoms with Gasteiger partial charge in [-0.3, -0.25) is 9.78 Å². The van der Waals surface area contributed by atoms with Gasteiger partial charge >= 0.3 is 0 Å². The molecule has 5 aromatic rings. The van der Waals surface area contributed by atoms with E-state index in [1.165, 1.54) is 17.2 Å². The number of rotatable bonds is 4. The number of carbonyl (C=O) groups excluding carboxylic acids is 1. The maximum Gasteiger partial charge on any atom is 0.258 e. The van der Waals surface area contributed by atoms with Crippen LogP contribution in [-0.2, 0) is 0 Å². The first-order valence-corrected chi connectivity index (χ1v) is 9.71. The van der Waals surface area contributed by atoms with E-state index in [1.54, 1.807) is 29.3 Å². The van der Waals surface area contributed by atoms with Crippen LogP contribution in [0.3, 0.4) is 0 Å². The zero-order valence-corrected chi connectivity index (χ0v) is 17.0. The van der Waals surface area contributed by atoms with Crippen molar-refractivity contribution in [1.29, 1.82) is 0 Å². The average molecular weight is 431 g/mol. The highest BCUT2D eigenvalue weighted by Gasteiger charge is 2.14. The largest absolute Gasteiger partial charge is 0.320 e. The molecule has 1 amide bonds. The van der Waals surface area contributed by atoms with Crippen LogP contribution in [-0.4, -0.2) is 40.6 Å². The lowest BCUT2D eigenvalue weighted by Crippen LogP contribution is -2.12. The molecule has 0 bridgehead atoms. The van der Waals surface area contributed by atoms with E-state index in [-0.39, 0.29) is 5.91 Å². The summed E-state index contributed by atoms with van der Waals surface area (Å²) in [4.78, 5) is 22.7. The van der Waals surface area contributed by atoms with Gasteiger partial charge in [-0.15, -0.1) is 4.80 Å². The van der Waals surface area contributed by atoms with E-state index < -0.39 is 0 Å². The van der Waals surface area contributed by atoms with E-state index >= 15 is 0 Å². The Morgan fingerprint density at radius 3 is 2.77 bits per heavy atom. The minimum absolute atomic E-state index is 0.312. The van der Waals surface area contributed by atoms with Crippen LogP contribution in [0.5, 0.6) is 0 Å². The van der Waals surface area contributed by atoms with Crippen molar-refractivity contribution in [3.05, 3.63) is 83.7 Å². The van der Waals surface area contributed by atoms with Crippen LogP contribution in [0.1, 0.15) is 16.1 Å². The van der Waals surface area contributed by atoms with Gasteiger partial charge in [-0.2, -0.15) is 15.3 Å². The lowest BCUT2D eigenvalue weighted by atomic mass is 10.2. The molecule has 152 valence electrons. The summed E-state index contributed by atoms with van der Waals surface area (Å²) >= 11 is 6.31. The molecule has 0 unspecified atom stereocenters. The molecule has 0 aliphatic heterocycles. The Morgan fingerprint density at radius 2 is 1.97 bits per heavy atom. The normalized spacial score (nSPS) is 11.0. The van der Waals surface area contributed by atoms with Crippen LogP contribution < -0.4 is 5.32 Å². The molecule has 0 aliphatic carbocycles. The van der Waals surface area contributed by atoms with E-state index in [4.69, 9.17) is 11.6 Å². The zero-order chi connectivity index (χ0) is 21.4. The van der Waals surface area contributed by atoms with Crippen LogP contribution >= 0.6 is 11.6 Å². The number of carbonyl (C=O) groups is 1. The predicted molar refractivity (Wildman–Crippen MR) is 116 cm³/mol. The highest BCUT2D eigenvalue weighted by molar-refractivity contribution is 6.32. The number of nitrogens with zero attached hydrogens (tertiary/aromatic N) is 7. The fourth-order valence-electron chi connectivity index (χ4n) is 3.15. The number of aryl methyl sites for hydroxylation is 1. The molecule has 4 aromatic heterocycles. The number of fused-ring (bicyclic) bond motifs is 1. The van der Waals surface area contributed by atoms with Gasteiger partial charge in [0.25, 0.3) is 5.91 Å². The van der Waals surface area contributed by atoms with Crippen LogP contribution in [0.15, 0.2) is 67.4 Å². The molecule has 0 spiro atoms. The number of amides is 1. The quantitative estimate of drug-likeness (QED) is 0.467. The Morgan fingerprint density at radius 1 is 1.06 bits per heavy atom. The van der Waals surface area contributed by atoms with Gasteiger partial charge in [-0.1, -0.05) is 17.7 Å². The number of hydrogen-bond acceptors (Lipinski definition) is 6. The maximum absolute atomic E-state index is 12.7. The first kappa shape index (κ1) is 18.9. The van der Waals surface area contributed by atoms with Gasteiger partial charge in [-0.05, 0) is 37.3 Å². The number of hydrogen-bond donors (Lipinski definition) is 1. The summed E-state index contributed by atoms with van der Waals surface area (Å²) in [6.45, 7) is 1.82. The smallest absolute Gasteiger partial charge is 0.258 e. The van der Waals surface area contributed by atoms with Crippen LogP contribution in [0.25, 0.3) is 22.4 Å². The minimum atomic E-state index is -0.330. The van der Waals surface area contributed by atoms with Gasteiger partial charge in [0.1, 0.15) is 0 Å². The monoisotopic (exact) mass is 430 g/mol. The summed E-state index contributed by atoms with van der Waals surface area (Å²) in [6.07, 6.45) is 8.01. The van der Waals surface area contributed by atoms with Crippen molar-refractivity contribution >= 4 is 34.1 Å². The van der Waals surface area contributed by atoms with Crippen molar-refractivity contribution in [2.24, 2.45) is 0 Å². The van der Waals surface area contributed by atoms with Gasteiger partial charge in [-0.25, -0.2) is 9.67 Å². The van der Waals surface area contributed by atoms with Gasteiger partial charge in [0.2, 0.25) is 0 Å². The molecule has 0 radical (unpaired) electrons. The van der Waals surface area contributed by atoms with E-state index in [2.05, 4.69) is 30.6 Å². The van der Waals surface area contributed by atoms with Gasteiger partial charge in [0.05, 0.1) is 51.8 Å². The number of benzene rings is 1. The number of halogens is 1. The fraction of sp³-hybridized carbons (Fsp3) is 0.0476. The lowest BCUT2D eigenvalue weighted by molar-refractivity contribution is 0.102. The van der Waals surface area contributed by atoms with E-state index in [0.717, 1.165) is 22.3 Å². The molecule has 0 fully saturated rings. The summed E-state index contributed by atoms with van der Waals surface area (Å²) in [7, 11) is 0. The Balaban J connectivity index is 1.38. The summed E-state index contributed by atoms with van der Waals surface area (Å²) in [5, 5.41) is 16.7. The van der Waals surface area contributed by atoms with Crippen molar-refractivity contribution in [2.75, 3.05) is 5.32 Å². The highest BCUT2D eigenvalue weighted by Crippen LogP contribution is 2.23. The topological polar surface area (TPSA) is 103 Å². The number of aromatic nitrogens is 7. The maximum atomic E-state index is 12.7. The zero-order valence-electron chi connectivity index (χ0n) is 16.3. The van der Waals surface area contributed by atoms with Gasteiger partial charge in [0, 0.05) is 17.8 Å². The molecule has 4 heterocycles. The molecule has 1 N–H and O–H groups in total. The van der Waals surface area contributed by atoms with Crippen molar-refractivity contribution in [3.8, 4) is 11.5 Å². The summed E-state index contributed by atoms with van der Waals surface area (Å²) < 4.78 is 1.65. The molecule has 9 nitrogen and oxygen atoms in total. The first-order chi connectivity index (χ1) is 15.1. The van der Waals surface area contributed by atoms with Gasteiger partial charge in [0.15, 0.2) is 5.82 Å². The second kappa shape index (κ2) is 7.62. The molecule has 31 heavy (non-hydrogen) atoms. The third-order valence-corrected chi connectivity index (χ3v) is 4.87. The predicted octanol–water partition coefficient (Wildman–Crippen LogP) is 3.61. The molecule has 0 aliphatic rings. The molecule has 0 saturated heterocycles. The molecule has 0 saturated carbocycles. The Labute approximate surface area is 181 Å². The third-order valence-electron chi connectivity index (χ3n) is 4.59. The standard InChI is InChI=1S/C21H15ClN8O/c1-13-9-26-30(28-13)20-17(22)8-15(11-24-20)27-21(31)14-10-25-29(12-14)19-6-2-5-18-16(19)4-3-7-23-18/h2-12H,1H3,(H,27,31). The van der Waals surface area contributed by atoms with Gasteiger partial charge < -0.3 is 5.32 Å². The second-order valence-corrected chi connectivity index (χ2v) is 7.19. The van der Waals surface area contributed by atoms with E-state index in [1.807, 2.05) is 37.3 Å². The highest BCUT2D eigenvalue weighted by atomic mass is 35.5. The molecule has 10 heteroatoms. The first-order valence-electron chi connectivity index (χ1n) is 9.33. The Hall–Kier alpha value is -4.11. The van der Waals surface area contributed by atoms with E-state index in [9.17, 15) is 4.79 Å². The van der Waals surface area contributed by atoms with Crippen molar-refractivity contribution in [1.82, 2.24) is 34.7 Å². The molecular formula is C21H15ClN8O. The third kappa shape index (κ3) is 3.62. The molecular weight excluding hydrogens is 416 g/mol. The SMILES string of the molecule is Cc1cnn(-c2ncc(NC(=O)c3cnn(-c4cccc5ncccc45)c3)cc2Cl)n1. The average Bonchev–Trinajstić information content (AvgIpc) is 3.43. The molecule has 0 atom stereocenters. The molecule has 5 rings (SSSR count). The number of pyridine rings is 2. The van der Waals surface area contributed by atoms with E-state index in [0.29, 0.717) is 22.1 Å². The van der Waals surface area contributed by atoms with Crippen LogP contribution in [0.2, 0.25) is 5.02 Å².